The van der Waals surface area contributed by atoms with Crippen molar-refractivity contribution in [2.75, 3.05) is 0 Å². The molecular formula is C16H16N4O3. The molecule has 0 fully saturated rings. The van der Waals surface area contributed by atoms with Crippen molar-refractivity contribution in [3.05, 3.63) is 54.2 Å². The largest absolute Gasteiger partial charge is 0.480 e. The maximum Gasteiger partial charge on any atom is 0.326 e. The van der Waals surface area contributed by atoms with Crippen LogP contribution in [0.3, 0.4) is 0 Å². The Bertz CT molecular complexity index is 823. The zero-order valence-corrected chi connectivity index (χ0v) is 12.2. The molecule has 7 heteroatoms. The van der Waals surface area contributed by atoms with Gasteiger partial charge in [-0.05, 0) is 11.6 Å². The minimum Gasteiger partial charge on any atom is -0.480 e. The van der Waals surface area contributed by atoms with Crippen LogP contribution in [-0.4, -0.2) is 38.0 Å². The molecule has 23 heavy (non-hydrogen) atoms. The molecule has 1 atom stereocenters. The molecule has 118 valence electrons. The van der Waals surface area contributed by atoms with Crippen molar-refractivity contribution in [3.63, 3.8) is 0 Å². The molecule has 4 N–H and O–H groups in total. The fourth-order valence-electron chi connectivity index (χ4n) is 2.51. The highest BCUT2D eigenvalue weighted by Gasteiger charge is 2.21. The number of carbonyl (C=O) groups is 2. The van der Waals surface area contributed by atoms with Crippen molar-refractivity contribution in [1.29, 1.82) is 0 Å². The summed E-state index contributed by atoms with van der Waals surface area (Å²) < 4.78 is 0. The molecule has 0 saturated carbocycles. The summed E-state index contributed by atoms with van der Waals surface area (Å²) in [5.74, 6) is -1.41. The maximum absolute atomic E-state index is 12.2. The average molecular weight is 312 g/mol. The number of aromatic amines is 2. The number of imidazole rings is 1. The minimum atomic E-state index is -1.08. The highest BCUT2D eigenvalue weighted by atomic mass is 16.4. The van der Waals surface area contributed by atoms with Crippen molar-refractivity contribution >= 4 is 22.8 Å². The van der Waals surface area contributed by atoms with E-state index < -0.39 is 12.0 Å². The fourth-order valence-corrected chi connectivity index (χ4v) is 2.51. The van der Waals surface area contributed by atoms with E-state index in [1.54, 1.807) is 12.4 Å². The number of fused-ring (bicyclic) bond motifs is 1. The van der Waals surface area contributed by atoms with Gasteiger partial charge in [0.2, 0.25) is 5.91 Å². The van der Waals surface area contributed by atoms with Gasteiger partial charge < -0.3 is 20.4 Å². The van der Waals surface area contributed by atoms with E-state index in [0.717, 1.165) is 16.5 Å². The molecule has 2 heterocycles. The number of hydrogen-bond acceptors (Lipinski definition) is 3. The number of aromatic nitrogens is 3. The van der Waals surface area contributed by atoms with Crippen LogP contribution in [0, 0.1) is 0 Å². The standard InChI is InChI=1S/C16H16N4O3/c21-15(5-10-7-18-13-4-2-1-3-12(10)13)20-14(16(22)23)6-11-8-17-9-19-11/h1-4,7-9,14,18H,5-6H2,(H,17,19)(H,20,21)(H,22,23). The molecule has 0 aliphatic rings. The predicted molar refractivity (Wildman–Crippen MR) is 83.9 cm³/mol. The molecule has 0 saturated heterocycles. The van der Waals surface area contributed by atoms with Gasteiger partial charge in [0.05, 0.1) is 12.7 Å². The number of hydrogen-bond donors (Lipinski definition) is 4. The summed E-state index contributed by atoms with van der Waals surface area (Å²) in [4.78, 5) is 33.3. The van der Waals surface area contributed by atoms with Gasteiger partial charge in [-0.25, -0.2) is 9.78 Å². The Hall–Kier alpha value is -3.09. The second-order valence-corrected chi connectivity index (χ2v) is 5.28. The zero-order valence-electron chi connectivity index (χ0n) is 12.2. The lowest BCUT2D eigenvalue weighted by Gasteiger charge is -2.13. The molecular weight excluding hydrogens is 296 g/mol. The highest BCUT2D eigenvalue weighted by Crippen LogP contribution is 2.18. The number of para-hydroxylation sites is 1. The molecule has 3 aromatic rings. The summed E-state index contributed by atoms with van der Waals surface area (Å²) in [5, 5.41) is 12.8. The van der Waals surface area contributed by atoms with Crippen LogP contribution in [0.25, 0.3) is 10.9 Å². The quantitative estimate of drug-likeness (QED) is 0.549. The summed E-state index contributed by atoms with van der Waals surface area (Å²) in [6, 6.07) is 6.67. The Labute approximate surface area is 131 Å². The van der Waals surface area contributed by atoms with Gasteiger partial charge in [0.25, 0.3) is 0 Å². The smallest absolute Gasteiger partial charge is 0.326 e. The second kappa shape index (κ2) is 6.35. The Morgan fingerprint density at radius 2 is 2.09 bits per heavy atom. The van der Waals surface area contributed by atoms with Crippen LogP contribution in [0.4, 0.5) is 0 Å². The first-order valence-electron chi connectivity index (χ1n) is 7.18. The van der Waals surface area contributed by atoms with Gasteiger partial charge in [0, 0.05) is 35.4 Å². The molecule has 0 aliphatic carbocycles. The van der Waals surface area contributed by atoms with Gasteiger partial charge in [0.15, 0.2) is 0 Å². The van der Waals surface area contributed by atoms with E-state index in [4.69, 9.17) is 0 Å². The normalized spacial score (nSPS) is 12.2. The number of rotatable bonds is 6. The highest BCUT2D eigenvalue weighted by molar-refractivity contribution is 5.90. The molecule has 7 nitrogen and oxygen atoms in total. The monoisotopic (exact) mass is 312 g/mol. The maximum atomic E-state index is 12.2. The zero-order chi connectivity index (χ0) is 16.2. The summed E-state index contributed by atoms with van der Waals surface area (Å²) in [6.07, 6.45) is 5.07. The van der Waals surface area contributed by atoms with Gasteiger partial charge in [0.1, 0.15) is 6.04 Å². The molecule has 2 aromatic heterocycles. The Balaban J connectivity index is 1.68. The molecule has 0 aliphatic heterocycles. The lowest BCUT2D eigenvalue weighted by atomic mass is 10.1. The van der Waals surface area contributed by atoms with Gasteiger partial charge in [-0.1, -0.05) is 18.2 Å². The topological polar surface area (TPSA) is 111 Å². The van der Waals surface area contributed by atoms with E-state index in [2.05, 4.69) is 20.3 Å². The third kappa shape index (κ3) is 3.39. The summed E-state index contributed by atoms with van der Waals surface area (Å²) in [5.41, 5.74) is 2.44. The lowest BCUT2D eigenvalue weighted by Crippen LogP contribution is -2.43. The van der Waals surface area contributed by atoms with E-state index in [9.17, 15) is 14.7 Å². The Morgan fingerprint density at radius 1 is 1.26 bits per heavy atom. The van der Waals surface area contributed by atoms with Crippen LogP contribution in [0.1, 0.15) is 11.3 Å². The van der Waals surface area contributed by atoms with E-state index >= 15 is 0 Å². The fraction of sp³-hybridized carbons (Fsp3) is 0.188. The molecule has 1 amide bonds. The van der Waals surface area contributed by atoms with Crippen molar-refractivity contribution < 1.29 is 14.7 Å². The van der Waals surface area contributed by atoms with Crippen molar-refractivity contribution in [2.45, 2.75) is 18.9 Å². The molecule has 0 bridgehead atoms. The van der Waals surface area contributed by atoms with Crippen LogP contribution in [0.15, 0.2) is 43.0 Å². The first kappa shape index (κ1) is 14.8. The van der Waals surface area contributed by atoms with E-state index in [0.29, 0.717) is 5.69 Å². The number of H-pyrrole nitrogens is 2. The van der Waals surface area contributed by atoms with Crippen LogP contribution in [0.5, 0.6) is 0 Å². The number of carboxylic acids is 1. The van der Waals surface area contributed by atoms with Gasteiger partial charge in [-0.15, -0.1) is 0 Å². The Morgan fingerprint density at radius 3 is 2.83 bits per heavy atom. The molecule has 0 spiro atoms. The van der Waals surface area contributed by atoms with Crippen molar-refractivity contribution in [1.82, 2.24) is 20.3 Å². The number of nitrogens with one attached hydrogen (secondary N) is 3. The van der Waals surface area contributed by atoms with Crippen molar-refractivity contribution in [3.8, 4) is 0 Å². The molecule has 1 aromatic carbocycles. The predicted octanol–water partition coefficient (Wildman–Crippen LogP) is 1.25. The number of carbonyl (C=O) groups excluding carboxylic acids is 1. The van der Waals surface area contributed by atoms with E-state index in [-0.39, 0.29) is 18.7 Å². The lowest BCUT2D eigenvalue weighted by molar-refractivity contribution is -0.141. The van der Waals surface area contributed by atoms with Crippen molar-refractivity contribution in [2.24, 2.45) is 0 Å². The first-order chi connectivity index (χ1) is 11.1. The first-order valence-corrected chi connectivity index (χ1v) is 7.18. The van der Waals surface area contributed by atoms with Crippen LogP contribution < -0.4 is 5.32 Å². The average Bonchev–Trinajstić information content (AvgIpc) is 3.17. The van der Waals surface area contributed by atoms with Crippen LogP contribution in [0.2, 0.25) is 0 Å². The summed E-state index contributed by atoms with van der Waals surface area (Å²) in [6.45, 7) is 0. The SMILES string of the molecule is O=C(Cc1c[nH]c2ccccc12)NC(Cc1cnc[nH]1)C(=O)O. The molecule has 0 radical (unpaired) electrons. The Kier molecular flexibility index (Phi) is 4.09. The number of nitrogens with zero attached hydrogens (tertiary/aromatic N) is 1. The third-order valence-corrected chi connectivity index (χ3v) is 3.64. The minimum absolute atomic E-state index is 0.122. The van der Waals surface area contributed by atoms with E-state index in [1.807, 2.05) is 24.3 Å². The van der Waals surface area contributed by atoms with E-state index in [1.165, 1.54) is 6.33 Å². The van der Waals surface area contributed by atoms with Gasteiger partial charge in [-0.3, -0.25) is 4.79 Å². The summed E-state index contributed by atoms with van der Waals surface area (Å²) >= 11 is 0. The molecule has 1 unspecified atom stereocenters. The number of benzene rings is 1. The number of carboxylic acid groups (broad SMARTS) is 1. The number of amides is 1. The second-order valence-electron chi connectivity index (χ2n) is 5.28. The number of aliphatic carboxylic acids is 1. The third-order valence-electron chi connectivity index (χ3n) is 3.64. The van der Waals surface area contributed by atoms with Gasteiger partial charge in [-0.2, -0.15) is 0 Å². The van der Waals surface area contributed by atoms with Gasteiger partial charge >= 0.3 is 5.97 Å². The molecule has 3 rings (SSSR count). The van der Waals surface area contributed by atoms with Crippen LogP contribution >= 0.6 is 0 Å². The summed E-state index contributed by atoms with van der Waals surface area (Å²) in [7, 11) is 0. The van der Waals surface area contributed by atoms with Crippen LogP contribution in [-0.2, 0) is 22.4 Å².